The summed E-state index contributed by atoms with van der Waals surface area (Å²) in [5.41, 5.74) is 2.50. The van der Waals surface area contributed by atoms with E-state index in [0.717, 1.165) is 11.1 Å². The third-order valence-electron chi connectivity index (χ3n) is 2.72. The van der Waals surface area contributed by atoms with Gasteiger partial charge >= 0.3 is 0 Å². The monoisotopic (exact) mass is 230 g/mol. The number of benzene rings is 2. The molecule has 1 atom stereocenters. The van der Waals surface area contributed by atoms with Crippen molar-refractivity contribution in [1.82, 2.24) is 0 Å². The Balaban J connectivity index is 2.17. The van der Waals surface area contributed by atoms with Gasteiger partial charge in [-0.3, -0.25) is 0 Å². The Labute approximate surface area is 101 Å². The molecule has 0 spiro atoms. The van der Waals surface area contributed by atoms with Crippen LogP contribution in [0.5, 0.6) is 0 Å². The lowest BCUT2D eigenvalue weighted by Crippen LogP contribution is -2.02. The molecule has 2 rings (SSSR count). The Morgan fingerprint density at radius 3 is 2.47 bits per heavy atom. The molecule has 0 saturated heterocycles. The van der Waals surface area contributed by atoms with Gasteiger partial charge in [0.2, 0.25) is 0 Å². The summed E-state index contributed by atoms with van der Waals surface area (Å²) in [7, 11) is 0. The Kier molecular flexibility index (Phi) is 3.55. The lowest BCUT2D eigenvalue weighted by atomic mass is 10.00. The van der Waals surface area contributed by atoms with Crippen molar-refractivity contribution in [3.8, 4) is 0 Å². The van der Waals surface area contributed by atoms with E-state index in [-0.39, 0.29) is 5.82 Å². The first-order chi connectivity index (χ1) is 8.15. The maximum atomic E-state index is 13.2. The Bertz CT molecular complexity index is 473. The van der Waals surface area contributed by atoms with Crippen molar-refractivity contribution < 1.29 is 9.50 Å². The van der Waals surface area contributed by atoms with Crippen molar-refractivity contribution in [2.45, 2.75) is 19.4 Å². The number of aliphatic hydroxyl groups is 1. The van der Waals surface area contributed by atoms with E-state index in [9.17, 15) is 9.50 Å². The average molecular weight is 230 g/mol. The Morgan fingerprint density at radius 1 is 1.12 bits per heavy atom. The molecule has 0 fully saturated rings. The number of aliphatic hydroxyl groups excluding tert-OH is 1. The predicted octanol–water partition coefficient (Wildman–Crippen LogP) is 3.41. The number of halogens is 1. The minimum Gasteiger partial charge on any atom is -0.388 e. The van der Waals surface area contributed by atoms with Crippen LogP contribution in [0.3, 0.4) is 0 Å². The lowest BCUT2D eigenvalue weighted by molar-refractivity contribution is 0.178. The zero-order valence-corrected chi connectivity index (χ0v) is 9.73. The highest BCUT2D eigenvalue weighted by Gasteiger charge is 2.10. The number of aryl methyl sites for hydroxylation is 1. The minimum absolute atomic E-state index is 0.299. The van der Waals surface area contributed by atoms with Crippen LogP contribution in [0.4, 0.5) is 4.39 Å². The van der Waals surface area contributed by atoms with Gasteiger partial charge in [0.05, 0.1) is 6.10 Å². The van der Waals surface area contributed by atoms with E-state index >= 15 is 0 Å². The highest BCUT2D eigenvalue weighted by molar-refractivity contribution is 5.27. The first-order valence-electron chi connectivity index (χ1n) is 5.64. The van der Waals surface area contributed by atoms with Crippen LogP contribution in [0.1, 0.15) is 22.8 Å². The first kappa shape index (κ1) is 11.8. The Morgan fingerprint density at radius 2 is 1.82 bits per heavy atom. The third-order valence-corrected chi connectivity index (χ3v) is 2.72. The molecule has 0 amide bonds. The van der Waals surface area contributed by atoms with Crippen molar-refractivity contribution in [3.63, 3.8) is 0 Å². The van der Waals surface area contributed by atoms with E-state index in [1.165, 1.54) is 12.1 Å². The number of hydrogen-bond donors (Lipinski definition) is 1. The van der Waals surface area contributed by atoms with Gasteiger partial charge < -0.3 is 5.11 Å². The van der Waals surface area contributed by atoms with Gasteiger partial charge in [0.15, 0.2) is 0 Å². The molecule has 2 aromatic rings. The summed E-state index contributed by atoms with van der Waals surface area (Å²) in [5.74, 6) is -0.299. The quantitative estimate of drug-likeness (QED) is 0.856. The van der Waals surface area contributed by atoms with E-state index in [1.807, 2.05) is 43.3 Å². The second kappa shape index (κ2) is 5.11. The summed E-state index contributed by atoms with van der Waals surface area (Å²) in [6.45, 7) is 1.82. The zero-order valence-electron chi connectivity index (χ0n) is 9.73. The maximum Gasteiger partial charge on any atom is 0.123 e. The molecule has 0 aromatic heterocycles. The molecule has 88 valence electrons. The van der Waals surface area contributed by atoms with Crippen LogP contribution in [0.15, 0.2) is 48.5 Å². The summed E-state index contributed by atoms with van der Waals surface area (Å²) in [6, 6.07) is 14.4. The summed E-state index contributed by atoms with van der Waals surface area (Å²) < 4.78 is 13.2. The molecule has 1 N–H and O–H groups in total. The SMILES string of the molecule is Cc1cc(F)cc(C(O)Cc2ccccc2)c1. The van der Waals surface area contributed by atoms with E-state index < -0.39 is 6.10 Å². The molecular formula is C15H15FO. The van der Waals surface area contributed by atoms with Crippen LogP contribution in [-0.2, 0) is 6.42 Å². The largest absolute Gasteiger partial charge is 0.388 e. The lowest BCUT2D eigenvalue weighted by Gasteiger charge is -2.12. The molecule has 2 aromatic carbocycles. The van der Waals surface area contributed by atoms with Gasteiger partial charge in [0, 0.05) is 6.42 Å². The van der Waals surface area contributed by atoms with Gasteiger partial charge in [-0.25, -0.2) is 4.39 Å². The van der Waals surface area contributed by atoms with Crippen LogP contribution in [-0.4, -0.2) is 5.11 Å². The fraction of sp³-hybridized carbons (Fsp3) is 0.200. The van der Waals surface area contributed by atoms with Gasteiger partial charge in [-0.05, 0) is 35.7 Å². The molecule has 2 heteroatoms. The van der Waals surface area contributed by atoms with Crippen LogP contribution in [0.2, 0.25) is 0 Å². The molecule has 17 heavy (non-hydrogen) atoms. The van der Waals surface area contributed by atoms with E-state index in [0.29, 0.717) is 12.0 Å². The Hall–Kier alpha value is -1.67. The number of rotatable bonds is 3. The molecular weight excluding hydrogens is 215 g/mol. The molecule has 0 aliphatic carbocycles. The van der Waals surface area contributed by atoms with Crippen molar-refractivity contribution in [3.05, 3.63) is 71.0 Å². The normalized spacial score (nSPS) is 12.4. The van der Waals surface area contributed by atoms with Gasteiger partial charge in [0.1, 0.15) is 5.82 Å². The fourth-order valence-electron chi connectivity index (χ4n) is 1.91. The summed E-state index contributed by atoms with van der Waals surface area (Å²) in [6.07, 6.45) is -0.157. The van der Waals surface area contributed by atoms with E-state index in [2.05, 4.69) is 0 Å². The highest BCUT2D eigenvalue weighted by Crippen LogP contribution is 2.20. The third kappa shape index (κ3) is 3.14. The van der Waals surface area contributed by atoms with Gasteiger partial charge in [-0.1, -0.05) is 36.4 Å². The van der Waals surface area contributed by atoms with Crippen LogP contribution in [0, 0.1) is 12.7 Å². The highest BCUT2D eigenvalue weighted by atomic mass is 19.1. The predicted molar refractivity (Wildman–Crippen MR) is 66.2 cm³/mol. The van der Waals surface area contributed by atoms with Crippen LogP contribution >= 0.6 is 0 Å². The molecule has 0 radical (unpaired) electrons. The first-order valence-corrected chi connectivity index (χ1v) is 5.64. The zero-order chi connectivity index (χ0) is 12.3. The maximum absolute atomic E-state index is 13.2. The molecule has 0 aliphatic heterocycles. The van der Waals surface area contributed by atoms with Crippen molar-refractivity contribution >= 4 is 0 Å². The topological polar surface area (TPSA) is 20.2 Å². The average Bonchev–Trinajstić information content (AvgIpc) is 2.29. The van der Waals surface area contributed by atoms with E-state index in [1.54, 1.807) is 0 Å². The standard InChI is InChI=1S/C15H15FO/c1-11-7-13(10-14(16)8-11)15(17)9-12-5-3-2-4-6-12/h2-8,10,15,17H,9H2,1H3. The van der Waals surface area contributed by atoms with Gasteiger partial charge in [-0.15, -0.1) is 0 Å². The van der Waals surface area contributed by atoms with Crippen LogP contribution < -0.4 is 0 Å². The molecule has 0 heterocycles. The summed E-state index contributed by atoms with van der Waals surface area (Å²) >= 11 is 0. The number of hydrogen-bond acceptors (Lipinski definition) is 1. The van der Waals surface area contributed by atoms with Gasteiger partial charge in [0.25, 0.3) is 0 Å². The summed E-state index contributed by atoms with van der Waals surface area (Å²) in [4.78, 5) is 0. The molecule has 1 nitrogen and oxygen atoms in total. The van der Waals surface area contributed by atoms with Gasteiger partial charge in [-0.2, -0.15) is 0 Å². The molecule has 0 saturated carbocycles. The molecule has 1 unspecified atom stereocenters. The second-order valence-electron chi connectivity index (χ2n) is 4.27. The molecule has 0 aliphatic rings. The van der Waals surface area contributed by atoms with Crippen LogP contribution in [0.25, 0.3) is 0 Å². The minimum atomic E-state index is -0.660. The summed E-state index contributed by atoms with van der Waals surface area (Å²) in [5, 5.41) is 10.1. The van der Waals surface area contributed by atoms with Crippen molar-refractivity contribution in [1.29, 1.82) is 0 Å². The molecule has 0 bridgehead atoms. The fourth-order valence-corrected chi connectivity index (χ4v) is 1.91. The smallest absolute Gasteiger partial charge is 0.123 e. The van der Waals surface area contributed by atoms with E-state index in [4.69, 9.17) is 0 Å². The van der Waals surface area contributed by atoms with Crippen molar-refractivity contribution in [2.75, 3.05) is 0 Å². The second-order valence-corrected chi connectivity index (χ2v) is 4.27. The van der Waals surface area contributed by atoms with Crippen molar-refractivity contribution in [2.24, 2.45) is 0 Å².